The molecule has 0 aromatic rings. The molecule has 0 amide bonds. The monoisotopic (exact) mass is 243 g/mol. The van der Waals surface area contributed by atoms with Crippen molar-refractivity contribution in [3.05, 3.63) is 0 Å². The lowest BCUT2D eigenvalue weighted by atomic mass is 10.2. The van der Waals surface area contributed by atoms with Gasteiger partial charge in [-0.25, -0.2) is 0 Å². The van der Waals surface area contributed by atoms with E-state index in [1.807, 2.05) is 0 Å². The third kappa shape index (κ3) is 6.99. The van der Waals surface area contributed by atoms with E-state index in [4.69, 9.17) is 10.5 Å². The van der Waals surface area contributed by atoms with Crippen molar-refractivity contribution in [2.75, 3.05) is 59.0 Å². The molecule has 0 radical (unpaired) electrons. The lowest BCUT2D eigenvalue weighted by Gasteiger charge is -2.34. The van der Waals surface area contributed by atoms with E-state index in [9.17, 15) is 0 Å². The van der Waals surface area contributed by atoms with E-state index in [1.165, 1.54) is 39.1 Å². The summed E-state index contributed by atoms with van der Waals surface area (Å²) in [5.74, 6) is 0. The smallest absolute Gasteiger partial charge is 0.0593 e. The zero-order chi connectivity index (χ0) is 12.3. The van der Waals surface area contributed by atoms with Gasteiger partial charge in [0.25, 0.3) is 0 Å². The molecule has 0 aromatic carbocycles. The summed E-state index contributed by atoms with van der Waals surface area (Å²) in [6, 6.07) is 0. The van der Waals surface area contributed by atoms with Gasteiger partial charge in [0.05, 0.1) is 6.61 Å². The molecule has 4 heteroatoms. The Balaban J connectivity index is 1.97. The number of nitrogens with two attached hydrogens (primary N) is 1. The Bertz CT molecular complexity index is 170. The van der Waals surface area contributed by atoms with E-state index in [2.05, 4.69) is 16.7 Å². The summed E-state index contributed by atoms with van der Waals surface area (Å²) < 4.78 is 5.52. The number of hydrogen-bond donors (Lipinski definition) is 1. The van der Waals surface area contributed by atoms with Crippen LogP contribution >= 0.6 is 0 Å². The number of hydrogen-bond acceptors (Lipinski definition) is 4. The molecule has 1 heterocycles. The number of nitrogens with zero attached hydrogens (tertiary/aromatic N) is 2. The van der Waals surface area contributed by atoms with E-state index < -0.39 is 0 Å². The van der Waals surface area contributed by atoms with Gasteiger partial charge in [-0.15, -0.1) is 0 Å². The Morgan fingerprint density at radius 2 is 1.59 bits per heavy atom. The summed E-state index contributed by atoms with van der Waals surface area (Å²) in [5, 5.41) is 0. The molecule has 0 spiro atoms. The van der Waals surface area contributed by atoms with Crippen molar-refractivity contribution < 1.29 is 4.74 Å². The Morgan fingerprint density at radius 1 is 0.941 bits per heavy atom. The molecule has 0 unspecified atom stereocenters. The van der Waals surface area contributed by atoms with Gasteiger partial charge in [-0.3, -0.25) is 4.90 Å². The Labute approximate surface area is 106 Å². The number of piperazine rings is 1. The molecule has 2 N–H and O–H groups in total. The highest BCUT2D eigenvalue weighted by molar-refractivity contribution is 4.71. The van der Waals surface area contributed by atoms with Crippen LogP contribution in [0.4, 0.5) is 0 Å². The van der Waals surface area contributed by atoms with E-state index in [1.54, 1.807) is 0 Å². The lowest BCUT2D eigenvalue weighted by molar-refractivity contribution is 0.0754. The van der Waals surface area contributed by atoms with Gasteiger partial charge in [0, 0.05) is 39.3 Å². The summed E-state index contributed by atoms with van der Waals surface area (Å²) >= 11 is 0. The van der Waals surface area contributed by atoms with Crippen LogP contribution in [0.3, 0.4) is 0 Å². The average Bonchev–Trinajstić information content (AvgIpc) is 2.37. The van der Waals surface area contributed by atoms with Gasteiger partial charge in [0.15, 0.2) is 0 Å². The van der Waals surface area contributed by atoms with Crippen LogP contribution in [0, 0.1) is 0 Å². The molecular formula is C13H29N3O. The molecule has 0 saturated carbocycles. The number of ether oxygens (including phenoxy) is 1. The Hall–Kier alpha value is -0.160. The molecule has 1 aliphatic heterocycles. The standard InChI is InChI=1S/C13H29N3O/c1-2-12-17-13-11-16-9-7-15(8-10-16)6-4-3-5-14/h2-14H2,1H3. The number of rotatable bonds is 9. The zero-order valence-electron chi connectivity index (χ0n) is 11.4. The third-order valence-corrected chi connectivity index (χ3v) is 3.29. The minimum absolute atomic E-state index is 0.828. The first-order valence-corrected chi connectivity index (χ1v) is 7.09. The van der Waals surface area contributed by atoms with Crippen LogP contribution in [0.1, 0.15) is 26.2 Å². The SMILES string of the molecule is CCCOCCN1CCN(CCCCN)CC1. The number of unbranched alkanes of at least 4 members (excludes halogenated alkanes) is 1. The van der Waals surface area contributed by atoms with Gasteiger partial charge in [-0.2, -0.15) is 0 Å². The van der Waals surface area contributed by atoms with E-state index in [0.29, 0.717) is 0 Å². The normalized spacial score (nSPS) is 18.7. The van der Waals surface area contributed by atoms with E-state index >= 15 is 0 Å². The molecule has 1 fully saturated rings. The molecule has 1 rings (SSSR count). The van der Waals surface area contributed by atoms with Gasteiger partial charge in [0.1, 0.15) is 0 Å². The predicted molar refractivity (Wildman–Crippen MR) is 72.3 cm³/mol. The van der Waals surface area contributed by atoms with Crippen molar-refractivity contribution in [1.29, 1.82) is 0 Å². The predicted octanol–water partition coefficient (Wildman–Crippen LogP) is 0.770. The van der Waals surface area contributed by atoms with Gasteiger partial charge in [-0.05, 0) is 32.4 Å². The van der Waals surface area contributed by atoms with Crippen LogP contribution in [-0.2, 0) is 4.74 Å². The molecule has 4 nitrogen and oxygen atoms in total. The van der Waals surface area contributed by atoms with Crippen LogP contribution in [0.5, 0.6) is 0 Å². The van der Waals surface area contributed by atoms with Crippen molar-refractivity contribution >= 4 is 0 Å². The molecule has 0 atom stereocenters. The largest absolute Gasteiger partial charge is 0.380 e. The molecule has 1 aliphatic rings. The second-order valence-corrected chi connectivity index (χ2v) is 4.79. The maximum Gasteiger partial charge on any atom is 0.0593 e. The minimum atomic E-state index is 0.828. The maximum atomic E-state index is 5.52. The van der Waals surface area contributed by atoms with Crippen LogP contribution in [0.2, 0.25) is 0 Å². The molecule has 0 aromatic heterocycles. The first-order chi connectivity index (χ1) is 8.36. The van der Waals surface area contributed by atoms with Gasteiger partial charge in [-0.1, -0.05) is 6.92 Å². The summed E-state index contributed by atoms with van der Waals surface area (Å²) in [5.41, 5.74) is 5.51. The van der Waals surface area contributed by atoms with Crippen molar-refractivity contribution in [2.24, 2.45) is 5.73 Å². The lowest BCUT2D eigenvalue weighted by Crippen LogP contribution is -2.47. The highest BCUT2D eigenvalue weighted by Gasteiger charge is 2.15. The second kappa shape index (κ2) is 9.83. The van der Waals surface area contributed by atoms with Crippen molar-refractivity contribution in [3.63, 3.8) is 0 Å². The van der Waals surface area contributed by atoms with E-state index in [-0.39, 0.29) is 0 Å². The van der Waals surface area contributed by atoms with Crippen LogP contribution in [0.25, 0.3) is 0 Å². The molecule has 102 valence electrons. The average molecular weight is 243 g/mol. The molecule has 0 bridgehead atoms. The molecular weight excluding hydrogens is 214 g/mol. The molecule has 1 saturated heterocycles. The Morgan fingerprint density at radius 3 is 2.18 bits per heavy atom. The van der Waals surface area contributed by atoms with Gasteiger partial charge < -0.3 is 15.4 Å². The fraction of sp³-hybridized carbons (Fsp3) is 1.00. The fourth-order valence-electron chi connectivity index (χ4n) is 2.16. The first kappa shape index (κ1) is 14.9. The Kier molecular flexibility index (Phi) is 8.61. The zero-order valence-corrected chi connectivity index (χ0v) is 11.4. The van der Waals surface area contributed by atoms with Crippen LogP contribution < -0.4 is 5.73 Å². The highest BCUT2D eigenvalue weighted by Crippen LogP contribution is 2.03. The first-order valence-electron chi connectivity index (χ1n) is 7.09. The van der Waals surface area contributed by atoms with Crippen LogP contribution in [0.15, 0.2) is 0 Å². The summed E-state index contributed by atoms with van der Waals surface area (Å²) in [6.07, 6.45) is 3.52. The summed E-state index contributed by atoms with van der Waals surface area (Å²) in [4.78, 5) is 5.06. The van der Waals surface area contributed by atoms with Crippen molar-refractivity contribution in [1.82, 2.24) is 9.80 Å². The van der Waals surface area contributed by atoms with Gasteiger partial charge in [0.2, 0.25) is 0 Å². The molecule has 0 aliphatic carbocycles. The highest BCUT2D eigenvalue weighted by atomic mass is 16.5. The van der Waals surface area contributed by atoms with Gasteiger partial charge >= 0.3 is 0 Å². The third-order valence-electron chi connectivity index (χ3n) is 3.29. The molecule has 17 heavy (non-hydrogen) atoms. The quantitative estimate of drug-likeness (QED) is 0.607. The minimum Gasteiger partial charge on any atom is -0.380 e. The fourth-order valence-corrected chi connectivity index (χ4v) is 2.16. The topological polar surface area (TPSA) is 41.7 Å². The summed E-state index contributed by atoms with van der Waals surface area (Å²) in [6.45, 7) is 11.9. The summed E-state index contributed by atoms with van der Waals surface area (Å²) in [7, 11) is 0. The maximum absolute atomic E-state index is 5.52. The van der Waals surface area contributed by atoms with E-state index in [0.717, 1.165) is 39.1 Å². The van der Waals surface area contributed by atoms with Crippen molar-refractivity contribution in [2.45, 2.75) is 26.2 Å². The van der Waals surface area contributed by atoms with Crippen LogP contribution in [-0.4, -0.2) is 68.8 Å². The second-order valence-electron chi connectivity index (χ2n) is 4.79. The van der Waals surface area contributed by atoms with Crippen molar-refractivity contribution in [3.8, 4) is 0 Å².